The van der Waals surface area contributed by atoms with Gasteiger partial charge in [-0.2, -0.15) is 0 Å². The van der Waals surface area contributed by atoms with Crippen molar-refractivity contribution < 1.29 is 9.47 Å². The zero-order chi connectivity index (χ0) is 14.7. The molecule has 3 nitrogen and oxygen atoms in total. The standard InChI is InChI=1S/C18H27NO2/c1-3-19-17(18(21-4-2)10-5-6-11-18)15-7-8-16-14(13-15)9-12-20-16/h7-8,13,17,19H,3-6,9-12H2,1-2H3. The Hall–Kier alpha value is -1.06. The molecule has 0 aromatic heterocycles. The van der Waals surface area contributed by atoms with E-state index in [9.17, 15) is 0 Å². The topological polar surface area (TPSA) is 30.5 Å². The second-order valence-electron chi connectivity index (χ2n) is 6.16. The second-order valence-corrected chi connectivity index (χ2v) is 6.16. The Morgan fingerprint density at radius 3 is 2.81 bits per heavy atom. The van der Waals surface area contributed by atoms with Crippen molar-refractivity contribution >= 4 is 0 Å². The summed E-state index contributed by atoms with van der Waals surface area (Å²) in [6.07, 6.45) is 5.90. The highest BCUT2D eigenvalue weighted by Gasteiger charge is 2.42. The van der Waals surface area contributed by atoms with Gasteiger partial charge in [-0.25, -0.2) is 0 Å². The summed E-state index contributed by atoms with van der Waals surface area (Å²) in [5, 5.41) is 3.69. The summed E-state index contributed by atoms with van der Waals surface area (Å²) >= 11 is 0. The van der Waals surface area contributed by atoms with Crippen LogP contribution in [0.2, 0.25) is 0 Å². The first-order valence-electron chi connectivity index (χ1n) is 8.42. The third-order valence-electron chi connectivity index (χ3n) is 4.86. The van der Waals surface area contributed by atoms with Crippen LogP contribution in [-0.4, -0.2) is 25.4 Å². The quantitative estimate of drug-likeness (QED) is 0.867. The van der Waals surface area contributed by atoms with Crippen molar-refractivity contribution in [3.63, 3.8) is 0 Å². The summed E-state index contributed by atoms with van der Waals surface area (Å²) < 4.78 is 11.9. The smallest absolute Gasteiger partial charge is 0.122 e. The highest BCUT2D eigenvalue weighted by molar-refractivity contribution is 5.41. The molecule has 1 unspecified atom stereocenters. The number of likely N-dealkylation sites (N-methyl/N-ethyl adjacent to an activating group) is 1. The van der Waals surface area contributed by atoms with E-state index in [1.165, 1.54) is 24.0 Å². The van der Waals surface area contributed by atoms with E-state index in [1.807, 2.05) is 0 Å². The number of benzene rings is 1. The normalized spacial score (nSPS) is 21.0. The molecule has 0 radical (unpaired) electrons. The predicted octanol–water partition coefficient (Wildman–Crippen LogP) is 3.62. The van der Waals surface area contributed by atoms with Crippen molar-refractivity contribution in [3.05, 3.63) is 29.3 Å². The lowest BCUT2D eigenvalue weighted by Crippen LogP contribution is -2.44. The van der Waals surface area contributed by atoms with Gasteiger partial charge in [0.15, 0.2) is 0 Å². The molecule has 21 heavy (non-hydrogen) atoms. The van der Waals surface area contributed by atoms with Gasteiger partial charge in [0, 0.05) is 13.0 Å². The summed E-state index contributed by atoms with van der Waals surface area (Å²) in [5.74, 6) is 1.06. The van der Waals surface area contributed by atoms with Gasteiger partial charge < -0.3 is 14.8 Å². The van der Waals surface area contributed by atoms with Crippen LogP contribution in [0.1, 0.15) is 56.7 Å². The number of hydrogen-bond donors (Lipinski definition) is 1. The maximum Gasteiger partial charge on any atom is 0.122 e. The van der Waals surface area contributed by atoms with Crippen LogP contribution in [0, 0.1) is 0 Å². The maximum absolute atomic E-state index is 6.29. The third-order valence-corrected chi connectivity index (χ3v) is 4.86. The maximum atomic E-state index is 6.29. The first-order chi connectivity index (χ1) is 10.3. The average molecular weight is 289 g/mol. The van der Waals surface area contributed by atoms with Crippen LogP contribution in [0.25, 0.3) is 0 Å². The summed E-state index contributed by atoms with van der Waals surface area (Å²) in [7, 11) is 0. The monoisotopic (exact) mass is 289 g/mol. The van der Waals surface area contributed by atoms with Gasteiger partial charge in [-0.1, -0.05) is 31.9 Å². The van der Waals surface area contributed by atoms with Gasteiger partial charge in [0.1, 0.15) is 5.75 Å². The van der Waals surface area contributed by atoms with Crippen molar-refractivity contribution in [2.75, 3.05) is 19.8 Å². The Balaban J connectivity index is 1.93. The van der Waals surface area contributed by atoms with Gasteiger partial charge in [0.25, 0.3) is 0 Å². The molecule has 1 saturated carbocycles. The highest BCUT2D eigenvalue weighted by Crippen LogP contribution is 2.44. The van der Waals surface area contributed by atoms with E-state index in [1.54, 1.807) is 0 Å². The number of ether oxygens (including phenoxy) is 2. The number of hydrogen-bond acceptors (Lipinski definition) is 3. The zero-order valence-electron chi connectivity index (χ0n) is 13.3. The van der Waals surface area contributed by atoms with Gasteiger partial charge in [0.2, 0.25) is 0 Å². The van der Waals surface area contributed by atoms with Crippen LogP contribution < -0.4 is 10.1 Å². The van der Waals surface area contributed by atoms with E-state index in [0.29, 0.717) is 0 Å². The molecule has 1 fully saturated rings. The van der Waals surface area contributed by atoms with Crippen LogP contribution in [0.3, 0.4) is 0 Å². The number of nitrogens with one attached hydrogen (secondary N) is 1. The van der Waals surface area contributed by atoms with Gasteiger partial charge in [0.05, 0.1) is 18.2 Å². The van der Waals surface area contributed by atoms with E-state index >= 15 is 0 Å². The molecule has 0 saturated heterocycles. The van der Waals surface area contributed by atoms with Crippen LogP contribution in [0.4, 0.5) is 0 Å². The summed E-state index contributed by atoms with van der Waals surface area (Å²) in [4.78, 5) is 0. The largest absolute Gasteiger partial charge is 0.493 e. The Labute approximate surface area is 128 Å². The van der Waals surface area contributed by atoms with Crippen molar-refractivity contribution in [3.8, 4) is 5.75 Å². The van der Waals surface area contributed by atoms with Crippen molar-refractivity contribution in [1.82, 2.24) is 5.32 Å². The Morgan fingerprint density at radius 2 is 2.10 bits per heavy atom. The van der Waals surface area contributed by atoms with E-state index in [0.717, 1.165) is 44.8 Å². The molecule has 1 N–H and O–H groups in total. The fourth-order valence-corrected chi connectivity index (χ4v) is 3.98. The Kier molecular flexibility index (Phi) is 4.51. The molecule has 0 amide bonds. The zero-order valence-corrected chi connectivity index (χ0v) is 13.3. The molecule has 1 aliphatic carbocycles. The molecule has 1 atom stereocenters. The lowest BCUT2D eigenvalue weighted by molar-refractivity contribution is -0.0623. The molecule has 1 aliphatic heterocycles. The first-order valence-corrected chi connectivity index (χ1v) is 8.42. The van der Waals surface area contributed by atoms with E-state index in [-0.39, 0.29) is 11.6 Å². The first kappa shape index (κ1) is 14.9. The lowest BCUT2D eigenvalue weighted by Gasteiger charge is -2.38. The predicted molar refractivity (Wildman–Crippen MR) is 84.9 cm³/mol. The molecule has 3 rings (SSSR count). The van der Waals surface area contributed by atoms with Crippen LogP contribution in [-0.2, 0) is 11.2 Å². The molecular weight excluding hydrogens is 262 g/mol. The van der Waals surface area contributed by atoms with Gasteiger partial charge >= 0.3 is 0 Å². The minimum absolute atomic E-state index is 0.0293. The van der Waals surface area contributed by atoms with Gasteiger partial charge in [-0.3, -0.25) is 0 Å². The average Bonchev–Trinajstić information content (AvgIpc) is 3.13. The molecule has 1 heterocycles. The Morgan fingerprint density at radius 1 is 1.29 bits per heavy atom. The molecule has 2 aliphatic rings. The van der Waals surface area contributed by atoms with Crippen LogP contribution >= 0.6 is 0 Å². The fourth-order valence-electron chi connectivity index (χ4n) is 3.98. The molecule has 0 bridgehead atoms. The summed E-state index contributed by atoms with van der Waals surface area (Å²) in [6.45, 7) is 6.86. The molecule has 3 heteroatoms. The minimum atomic E-state index is -0.0293. The SMILES string of the molecule is CCNC(c1ccc2c(c1)CCO2)C1(OCC)CCCC1. The highest BCUT2D eigenvalue weighted by atomic mass is 16.5. The van der Waals surface area contributed by atoms with Gasteiger partial charge in [-0.15, -0.1) is 0 Å². The van der Waals surface area contributed by atoms with Gasteiger partial charge in [-0.05, 0) is 43.5 Å². The van der Waals surface area contributed by atoms with E-state index in [2.05, 4.69) is 37.4 Å². The van der Waals surface area contributed by atoms with Crippen LogP contribution in [0.15, 0.2) is 18.2 Å². The van der Waals surface area contributed by atoms with Crippen molar-refractivity contribution in [1.29, 1.82) is 0 Å². The summed E-state index contributed by atoms with van der Waals surface area (Å²) in [5.41, 5.74) is 2.68. The van der Waals surface area contributed by atoms with E-state index in [4.69, 9.17) is 9.47 Å². The molecule has 0 spiro atoms. The molecule has 1 aromatic rings. The third kappa shape index (κ3) is 2.82. The summed E-state index contributed by atoms with van der Waals surface area (Å²) in [6, 6.07) is 6.97. The Bertz CT molecular complexity index is 480. The minimum Gasteiger partial charge on any atom is -0.493 e. The second kappa shape index (κ2) is 6.37. The number of rotatable bonds is 6. The molecule has 1 aromatic carbocycles. The van der Waals surface area contributed by atoms with Crippen molar-refractivity contribution in [2.24, 2.45) is 0 Å². The van der Waals surface area contributed by atoms with E-state index < -0.39 is 0 Å². The van der Waals surface area contributed by atoms with Crippen LogP contribution in [0.5, 0.6) is 5.75 Å². The molecule has 116 valence electrons. The number of fused-ring (bicyclic) bond motifs is 1. The fraction of sp³-hybridized carbons (Fsp3) is 0.667. The van der Waals surface area contributed by atoms with Crippen molar-refractivity contribution in [2.45, 2.75) is 57.6 Å². The lowest BCUT2D eigenvalue weighted by atomic mass is 9.85. The molecular formula is C18H27NO2.